The number of aromatic nitrogens is 3. The molecule has 25 heavy (non-hydrogen) atoms. The highest BCUT2D eigenvalue weighted by molar-refractivity contribution is 7.71. The number of benzene rings is 1. The predicted molar refractivity (Wildman–Crippen MR) is 103 cm³/mol. The molecule has 0 saturated carbocycles. The lowest BCUT2D eigenvalue weighted by atomic mass is 10.1. The topological polar surface area (TPSA) is 35.2 Å². The third kappa shape index (κ3) is 4.30. The van der Waals surface area contributed by atoms with E-state index in [-0.39, 0.29) is 0 Å². The van der Waals surface area contributed by atoms with Gasteiger partial charge in [-0.1, -0.05) is 20.3 Å². The summed E-state index contributed by atoms with van der Waals surface area (Å²) in [4.78, 5) is 2.45. The zero-order valence-electron chi connectivity index (χ0n) is 15.4. The van der Waals surface area contributed by atoms with Gasteiger partial charge in [0, 0.05) is 12.1 Å². The van der Waals surface area contributed by atoms with Crippen molar-refractivity contribution in [3.05, 3.63) is 29.0 Å². The highest BCUT2D eigenvalue weighted by Crippen LogP contribution is 2.23. The molecule has 136 valence electrons. The van der Waals surface area contributed by atoms with Crippen LogP contribution in [0.5, 0.6) is 5.75 Å². The summed E-state index contributed by atoms with van der Waals surface area (Å²) in [5.74, 6) is 2.31. The number of hydrogen-bond donors (Lipinski definition) is 0. The molecule has 1 aliphatic heterocycles. The maximum absolute atomic E-state index is 5.76. The molecule has 0 atom stereocenters. The molecule has 0 amide bonds. The van der Waals surface area contributed by atoms with Crippen LogP contribution < -0.4 is 4.74 Å². The van der Waals surface area contributed by atoms with Crippen LogP contribution >= 0.6 is 12.2 Å². The second-order valence-electron chi connectivity index (χ2n) is 7.16. The largest absolute Gasteiger partial charge is 0.497 e. The van der Waals surface area contributed by atoms with Gasteiger partial charge in [0.1, 0.15) is 5.75 Å². The van der Waals surface area contributed by atoms with Crippen LogP contribution in [-0.4, -0.2) is 39.4 Å². The van der Waals surface area contributed by atoms with E-state index in [0.29, 0.717) is 5.92 Å². The molecule has 5 nitrogen and oxygen atoms in total. The smallest absolute Gasteiger partial charge is 0.199 e. The first-order valence-corrected chi connectivity index (χ1v) is 9.53. The summed E-state index contributed by atoms with van der Waals surface area (Å²) >= 11 is 5.76. The van der Waals surface area contributed by atoms with Crippen molar-refractivity contribution in [2.45, 2.75) is 46.3 Å². The fraction of sp³-hybridized carbons (Fsp3) is 0.579. The van der Waals surface area contributed by atoms with Crippen LogP contribution in [0.15, 0.2) is 24.3 Å². The molecule has 2 aromatic rings. The molecular weight excluding hydrogens is 332 g/mol. The fourth-order valence-corrected chi connectivity index (χ4v) is 3.57. The standard InChI is InChI=1S/C19H28N4OS/c1-15(2)13-22-18(16-7-9-17(24-3)10-8-16)20-23(19(22)25)14-21-11-5-4-6-12-21/h7-10,15H,4-6,11-14H2,1-3H3. The van der Waals surface area contributed by atoms with Crippen molar-refractivity contribution < 1.29 is 4.74 Å². The van der Waals surface area contributed by atoms with Crippen molar-refractivity contribution in [2.24, 2.45) is 5.92 Å². The van der Waals surface area contributed by atoms with Gasteiger partial charge < -0.3 is 4.74 Å². The first kappa shape index (κ1) is 18.1. The first-order chi connectivity index (χ1) is 12.1. The van der Waals surface area contributed by atoms with Crippen molar-refractivity contribution in [2.75, 3.05) is 20.2 Å². The normalized spacial score (nSPS) is 15.7. The maximum Gasteiger partial charge on any atom is 0.199 e. The summed E-state index contributed by atoms with van der Waals surface area (Å²) in [6.07, 6.45) is 3.87. The average molecular weight is 361 g/mol. The van der Waals surface area contributed by atoms with E-state index in [9.17, 15) is 0 Å². The van der Waals surface area contributed by atoms with Gasteiger partial charge in [0.05, 0.1) is 13.8 Å². The molecular formula is C19H28N4OS. The summed E-state index contributed by atoms with van der Waals surface area (Å²) in [7, 11) is 1.68. The summed E-state index contributed by atoms with van der Waals surface area (Å²) in [5.41, 5.74) is 1.07. The monoisotopic (exact) mass is 360 g/mol. The second-order valence-corrected chi connectivity index (χ2v) is 7.52. The summed E-state index contributed by atoms with van der Waals surface area (Å²) < 4.78 is 10.2. The van der Waals surface area contributed by atoms with Gasteiger partial charge in [-0.2, -0.15) is 5.10 Å². The molecule has 3 rings (SSSR count). The minimum atomic E-state index is 0.510. The quantitative estimate of drug-likeness (QED) is 0.724. The van der Waals surface area contributed by atoms with Gasteiger partial charge in [-0.15, -0.1) is 0 Å². The van der Waals surface area contributed by atoms with Crippen molar-refractivity contribution in [1.82, 2.24) is 19.2 Å². The number of hydrogen-bond acceptors (Lipinski definition) is 4. The van der Waals surface area contributed by atoms with E-state index in [4.69, 9.17) is 22.1 Å². The van der Waals surface area contributed by atoms with Crippen molar-refractivity contribution in [3.63, 3.8) is 0 Å². The van der Waals surface area contributed by atoms with Crippen LogP contribution in [0.2, 0.25) is 0 Å². The second kappa shape index (κ2) is 8.15. The van der Waals surface area contributed by atoms with Crippen LogP contribution in [0.4, 0.5) is 0 Å². The van der Waals surface area contributed by atoms with Gasteiger partial charge >= 0.3 is 0 Å². The SMILES string of the molecule is COc1ccc(-c2nn(CN3CCCCC3)c(=S)n2CC(C)C)cc1. The lowest BCUT2D eigenvalue weighted by Crippen LogP contribution is -2.32. The molecule has 1 aliphatic rings. The Balaban J connectivity index is 1.94. The van der Waals surface area contributed by atoms with E-state index >= 15 is 0 Å². The summed E-state index contributed by atoms with van der Waals surface area (Å²) in [6, 6.07) is 8.06. The van der Waals surface area contributed by atoms with E-state index in [0.717, 1.165) is 48.2 Å². The molecule has 0 N–H and O–H groups in total. The lowest BCUT2D eigenvalue weighted by molar-refractivity contribution is 0.172. The number of nitrogens with zero attached hydrogens (tertiary/aromatic N) is 4. The minimum Gasteiger partial charge on any atom is -0.497 e. The number of likely N-dealkylation sites (tertiary alicyclic amines) is 1. The van der Waals surface area contributed by atoms with Crippen LogP contribution in [0, 0.1) is 10.7 Å². The van der Waals surface area contributed by atoms with E-state index in [1.165, 1.54) is 19.3 Å². The molecule has 0 spiro atoms. The number of ether oxygens (including phenoxy) is 1. The molecule has 0 unspecified atom stereocenters. The molecule has 0 bridgehead atoms. The first-order valence-electron chi connectivity index (χ1n) is 9.13. The third-order valence-electron chi connectivity index (χ3n) is 4.60. The molecule has 1 saturated heterocycles. The molecule has 1 aromatic heterocycles. The van der Waals surface area contributed by atoms with Crippen molar-refractivity contribution in [3.8, 4) is 17.1 Å². The molecule has 1 fully saturated rings. The zero-order valence-corrected chi connectivity index (χ0v) is 16.3. The van der Waals surface area contributed by atoms with Crippen molar-refractivity contribution in [1.29, 1.82) is 0 Å². The van der Waals surface area contributed by atoms with Crippen LogP contribution in [0.1, 0.15) is 33.1 Å². The van der Waals surface area contributed by atoms with Crippen molar-refractivity contribution >= 4 is 12.2 Å². The van der Waals surface area contributed by atoms with Gasteiger partial charge in [0.15, 0.2) is 10.6 Å². The Morgan fingerprint density at radius 3 is 2.40 bits per heavy atom. The maximum atomic E-state index is 5.76. The average Bonchev–Trinajstić information content (AvgIpc) is 2.92. The number of methoxy groups -OCH3 is 1. The Labute approximate surface area is 155 Å². The van der Waals surface area contributed by atoms with Gasteiger partial charge in [0.25, 0.3) is 0 Å². The Hall–Kier alpha value is -1.66. The Kier molecular flexibility index (Phi) is 5.91. The Morgan fingerprint density at radius 2 is 1.80 bits per heavy atom. The highest BCUT2D eigenvalue weighted by Gasteiger charge is 2.17. The molecule has 1 aromatic carbocycles. The van der Waals surface area contributed by atoms with E-state index in [2.05, 4.69) is 35.4 Å². The highest BCUT2D eigenvalue weighted by atomic mass is 32.1. The van der Waals surface area contributed by atoms with Gasteiger partial charge in [-0.25, -0.2) is 4.68 Å². The molecule has 6 heteroatoms. The van der Waals surface area contributed by atoms with E-state index < -0.39 is 0 Å². The van der Waals surface area contributed by atoms with E-state index in [1.807, 2.05) is 16.8 Å². The number of rotatable bonds is 6. The van der Waals surface area contributed by atoms with Gasteiger partial charge in [-0.3, -0.25) is 9.47 Å². The molecule has 0 aliphatic carbocycles. The molecule has 2 heterocycles. The fourth-order valence-electron chi connectivity index (χ4n) is 3.31. The summed E-state index contributed by atoms with van der Waals surface area (Å²) in [6.45, 7) is 8.35. The minimum absolute atomic E-state index is 0.510. The predicted octanol–water partition coefficient (Wildman–Crippen LogP) is 4.19. The number of piperidine rings is 1. The lowest BCUT2D eigenvalue weighted by Gasteiger charge is -2.25. The summed E-state index contributed by atoms with van der Waals surface area (Å²) in [5, 5.41) is 4.88. The Bertz CT molecular complexity index is 742. The van der Waals surface area contributed by atoms with Crippen LogP contribution in [0.25, 0.3) is 11.4 Å². The zero-order chi connectivity index (χ0) is 17.8. The van der Waals surface area contributed by atoms with Gasteiger partial charge in [0.2, 0.25) is 0 Å². The molecule has 0 radical (unpaired) electrons. The van der Waals surface area contributed by atoms with E-state index in [1.54, 1.807) is 7.11 Å². The van der Waals surface area contributed by atoms with Crippen LogP contribution in [-0.2, 0) is 13.2 Å². The van der Waals surface area contributed by atoms with Gasteiger partial charge in [-0.05, 0) is 68.3 Å². The Morgan fingerprint density at radius 1 is 1.12 bits per heavy atom. The van der Waals surface area contributed by atoms with Crippen LogP contribution in [0.3, 0.4) is 0 Å². The third-order valence-corrected chi connectivity index (χ3v) is 5.03.